The lowest BCUT2D eigenvalue weighted by atomic mass is 10.1. The first-order chi connectivity index (χ1) is 13.5. The number of carbonyl (C=O) groups excluding carboxylic acids is 2. The molecule has 0 heterocycles. The van der Waals surface area contributed by atoms with Crippen molar-refractivity contribution in [3.8, 4) is 0 Å². The summed E-state index contributed by atoms with van der Waals surface area (Å²) < 4.78 is 0. The fourth-order valence-corrected chi connectivity index (χ4v) is 2.61. The van der Waals surface area contributed by atoms with Crippen molar-refractivity contribution in [3.63, 3.8) is 0 Å². The summed E-state index contributed by atoms with van der Waals surface area (Å²) in [6, 6.07) is 21.9. The van der Waals surface area contributed by atoms with E-state index in [-0.39, 0.29) is 11.8 Å². The number of carbonyl (C=O) groups is 2. The van der Waals surface area contributed by atoms with Gasteiger partial charge in [0, 0.05) is 16.8 Å². The van der Waals surface area contributed by atoms with Gasteiger partial charge < -0.3 is 5.32 Å². The predicted octanol–water partition coefficient (Wildman–Crippen LogP) is 4.32. The lowest BCUT2D eigenvalue weighted by molar-refractivity contribution is 0.0954. The van der Waals surface area contributed by atoms with Gasteiger partial charge in [-0.25, -0.2) is 5.43 Å². The molecular weight excluding hydrogens is 350 g/mol. The average molecular weight is 371 g/mol. The highest BCUT2D eigenvalue weighted by atomic mass is 16.2. The number of hydrazone groups is 1. The van der Waals surface area contributed by atoms with E-state index < -0.39 is 0 Å². The molecule has 2 N–H and O–H groups in total. The van der Waals surface area contributed by atoms with Crippen molar-refractivity contribution in [1.29, 1.82) is 0 Å². The lowest BCUT2D eigenvalue weighted by Gasteiger charge is -2.08. The second-order valence-corrected chi connectivity index (χ2v) is 6.46. The number of hydrogen-bond donors (Lipinski definition) is 2. The highest BCUT2D eigenvalue weighted by molar-refractivity contribution is 6.05. The fourth-order valence-electron chi connectivity index (χ4n) is 2.61. The maximum atomic E-state index is 12.3. The van der Waals surface area contributed by atoms with Crippen LogP contribution in [0, 0.1) is 13.8 Å². The molecule has 0 atom stereocenters. The minimum atomic E-state index is -0.319. The molecule has 0 fully saturated rings. The number of hydrogen-bond acceptors (Lipinski definition) is 3. The Morgan fingerprint density at radius 1 is 0.821 bits per heavy atom. The Hall–Kier alpha value is -3.73. The summed E-state index contributed by atoms with van der Waals surface area (Å²) in [5.74, 6) is -0.502. The zero-order valence-corrected chi connectivity index (χ0v) is 15.8. The topological polar surface area (TPSA) is 70.6 Å². The molecule has 3 aromatic carbocycles. The molecule has 28 heavy (non-hydrogen) atoms. The molecule has 3 aromatic rings. The summed E-state index contributed by atoms with van der Waals surface area (Å²) in [5, 5.41) is 6.81. The fraction of sp³-hybridized carbons (Fsp3) is 0.0870. The van der Waals surface area contributed by atoms with Crippen LogP contribution in [0.1, 0.15) is 37.4 Å². The quantitative estimate of drug-likeness (QED) is 0.518. The van der Waals surface area contributed by atoms with Crippen LogP contribution >= 0.6 is 0 Å². The van der Waals surface area contributed by atoms with Crippen molar-refractivity contribution >= 4 is 23.7 Å². The molecule has 140 valence electrons. The van der Waals surface area contributed by atoms with Gasteiger partial charge in [-0.05, 0) is 55.3 Å². The van der Waals surface area contributed by atoms with Crippen LogP contribution in [0.2, 0.25) is 0 Å². The zero-order valence-electron chi connectivity index (χ0n) is 15.8. The van der Waals surface area contributed by atoms with E-state index in [0.29, 0.717) is 16.8 Å². The van der Waals surface area contributed by atoms with Crippen molar-refractivity contribution in [3.05, 3.63) is 101 Å². The Morgan fingerprint density at radius 3 is 2.18 bits per heavy atom. The molecule has 3 rings (SSSR count). The van der Waals surface area contributed by atoms with Crippen molar-refractivity contribution < 1.29 is 9.59 Å². The number of amides is 2. The molecule has 0 bridgehead atoms. The first-order valence-electron chi connectivity index (χ1n) is 8.90. The van der Waals surface area contributed by atoms with E-state index >= 15 is 0 Å². The monoisotopic (exact) mass is 371 g/mol. The first-order valence-corrected chi connectivity index (χ1v) is 8.90. The molecule has 0 aliphatic carbocycles. The van der Waals surface area contributed by atoms with Gasteiger partial charge in [-0.1, -0.05) is 48.0 Å². The van der Waals surface area contributed by atoms with Gasteiger partial charge in [0.15, 0.2) is 0 Å². The lowest BCUT2D eigenvalue weighted by Crippen LogP contribution is -2.18. The van der Waals surface area contributed by atoms with Crippen LogP contribution in [0.5, 0.6) is 0 Å². The van der Waals surface area contributed by atoms with Gasteiger partial charge in [0.25, 0.3) is 11.8 Å². The molecule has 0 aliphatic rings. The normalized spacial score (nSPS) is 10.6. The molecule has 0 saturated heterocycles. The van der Waals surface area contributed by atoms with Crippen molar-refractivity contribution in [1.82, 2.24) is 5.43 Å². The summed E-state index contributed by atoms with van der Waals surface area (Å²) in [6.45, 7) is 3.90. The Balaban J connectivity index is 1.59. The van der Waals surface area contributed by atoms with Gasteiger partial charge in [-0.15, -0.1) is 0 Å². The van der Waals surface area contributed by atoms with E-state index in [9.17, 15) is 9.59 Å². The van der Waals surface area contributed by atoms with Crippen molar-refractivity contribution in [2.75, 3.05) is 5.32 Å². The second kappa shape index (κ2) is 8.77. The number of benzene rings is 3. The van der Waals surface area contributed by atoms with Crippen LogP contribution in [0.15, 0.2) is 77.9 Å². The molecule has 0 aromatic heterocycles. The summed E-state index contributed by atoms with van der Waals surface area (Å²) in [7, 11) is 0. The third-order valence-electron chi connectivity index (χ3n) is 4.25. The molecular formula is C23H21N3O2. The van der Waals surface area contributed by atoms with E-state index in [1.54, 1.807) is 36.5 Å². The smallest absolute Gasteiger partial charge is 0.271 e. The van der Waals surface area contributed by atoms with Gasteiger partial charge in [0.05, 0.1) is 6.21 Å². The Morgan fingerprint density at radius 2 is 1.50 bits per heavy atom. The predicted molar refractivity (Wildman–Crippen MR) is 112 cm³/mol. The molecule has 0 saturated carbocycles. The molecule has 0 unspecified atom stereocenters. The number of aryl methyl sites for hydroxylation is 2. The van der Waals surface area contributed by atoms with Crippen LogP contribution in [-0.4, -0.2) is 18.0 Å². The highest BCUT2D eigenvalue weighted by Gasteiger charge is 2.09. The third kappa shape index (κ3) is 4.92. The van der Waals surface area contributed by atoms with E-state index in [1.807, 2.05) is 56.3 Å². The SMILES string of the molecule is Cc1ccc(/C=N/NC(=O)c2ccc(NC(=O)c3ccccc3C)cc2)cc1. The van der Waals surface area contributed by atoms with Gasteiger partial charge in [0.1, 0.15) is 0 Å². The molecule has 0 aliphatic heterocycles. The molecule has 2 amide bonds. The van der Waals surface area contributed by atoms with Crippen LogP contribution in [0.4, 0.5) is 5.69 Å². The summed E-state index contributed by atoms with van der Waals surface area (Å²) >= 11 is 0. The van der Waals surface area contributed by atoms with E-state index in [0.717, 1.165) is 16.7 Å². The Labute approximate surface area is 164 Å². The summed E-state index contributed by atoms with van der Waals surface area (Å²) in [5.41, 5.74) is 7.16. The van der Waals surface area contributed by atoms with Crippen LogP contribution < -0.4 is 10.7 Å². The zero-order chi connectivity index (χ0) is 19.9. The first kappa shape index (κ1) is 19.0. The summed E-state index contributed by atoms with van der Waals surface area (Å²) in [4.78, 5) is 24.5. The highest BCUT2D eigenvalue weighted by Crippen LogP contribution is 2.13. The molecule has 5 nitrogen and oxygen atoms in total. The summed E-state index contributed by atoms with van der Waals surface area (Å²) in [6.07, 6.45) is 1.59. The third-order valence-corrected chi connectivity index (χ3v) is 4.25. The van der Waals surface area contributed by atoms with E-state index in [1.165, 1.54) is 0 Å². The van der Waals surface area contributed by atoms with Crippen LogP contribution in [0.25, 0.3) is 0 Å². The molecule has 0 spiro atoms. The second-order valence-electron chi connectivity index (χ2n) is 6.46. The van der Waals surface area contributed by atoms with Crippen molar-refractivity contribution in [2.24, 2.45) is 5.10 Å². The van der Waals surface area contributed by atoms with E-state index in [2.05, 4.69) is 15.8 Å². The maximum Gasteiger partial charge on any atom is 0.271 e. The van der Waals surface area contributed by atoms with Crippen LogP contribution in [-0.2, 0) is 0 Å². The van der Waals surface area contributed by atoms with Gasteiger partial charge >= 0.3 is 0 Å². The minimum Gasteiger partial charge on any atom is -0.322 e. The van der Waals surface area contributed by atoms with Gasteiger partial charge in [-0.3, -0.25) is 9.59 Å². The molecule has 0 radical (unpaired) electrons. The Bertz CT molecular complexity index is 1010. The molecule has 5 heteroatoms. The van der Waals surface area contributed by atoms with Gasteiger partial charge in [-0.2, -0.15) is 5.10 Å². The van der Waals surface area contributed by atoms with Gasteiger partial charge in [0.2, 0.25) is 0 Å². The standard InChI is InChI=1S/C23H21N3O2/c1-16-7-9-18(10-8-16)15-24-26-22(27)19-11-13-20(14-12-19)25-23(28)21-6-4-3-5-17(21)2/h3-15H,1-2H3,(H,25,28)(H,26,27)/b24-15+. The number of anilines is 1. The van der Waals surface area contributed by atoms with E-state index in [4.69, 9.17) is 0 Å². The minimum absolute atomic E-state index is 0.182. The number of nitrogens with zero attached hydrogens (tertiary/aromatic N) is 1. The number of rotatable bonds is 5. The Kier molecular flexibility index (Phi) is 5.97. The number of nitrogens with one attached hydrogen (secondary N) is 2. The van der Waals surface area contributed by atoms with Crippen LogP contribution in [0.3, 0.4) is 0 Å². The largest absolute Gasteiger partial charge is 0.322 e. The van der Waals surface area contributed by atoms with Crippen molar-refractivity contribution in [2.45, 2.75) is 13.8 Å². The average Bonchev–Trinajstić information content (AvgIpc) is 2.70. The maximum absolute atomic E-state index is 12.3.